The number of amides is 1. The molecule has 1 saturated heterocycles. The van der Waals surface area contributed by atoms with Gasteiger partial charge in [-0.15, -0.1) is 0 Å². The van der Waals surface area contributed by atoms with Crippen molar-refractivity contribution < 1.29 is 22.8 Å². The second-order valence-electron chi connectivity index (χ2n) is 14.0. The second kappa shape index (κ2) is 11.9. The molecule has 1 N–H and O–H groups in total. The molecule has 0 saturated carbocycles. The van der Waals surface area contributed by atoms with Crippen LogP contribution in [0.5, 0.6) is 0 Å². The summed E-state index contributed by atoms with van der Waals surface area (Å²) in [5, 5.41) is 2.74. The van der Waals surface area contributed by atoms with Crippen molar-refractivity contribution >= 4 is 39.6 Å². The molecule has 1 fully saturated rings. The number of nitrogens with zero attached hydrogens (tertiary/aromatic N) is 2. The lowest BCUT2D eigenvalue weighted by molar-refractivity contribution is -0.114. The van der Waals surface area contributed by atoms with Crippen LogP contribution in [-0.4, -0.2) is 68.2 Å². The molecule has 1 aromatic heterocycles. The van der Waals surface area contributed by atoms with Crippen LogP contribution in [0.25, 0.3) is 0 Å². The number of nitrogens with one attached hydrogen (secondary N) is 1. The summed E-state index contributed by atoms with van der Waals surface area (Å²) in [7, 11) is -4.03. The lowest BCUT2D eigenvalue weighted by Gasteiger charge is -2.41. The fraction of sp³-hybridized carbons (Fsp3) is 0.800. The molecule has 1 amide bonds. The van der Waals surface area contributed by atoms with Crippen LogP contribution in [0.1, 0.15) is 75.5 Å². The number of aromatic nitrogens is 2. The molecule has 12 heteroatoms. The van der Waals surface area contributed by atoms with E-state index in [4.69, 9.17) is 18.0 Å². The van der Waals surface area contributed by atoms with Crippen LogP contribution >= 0.6 is 0 Å². The van der Waals surface area contributed by atoms with Crippen LogP contribution in [0, 0.1) is 0 Å². The van der Waals surface area contributed by atoms with Crippen molar-refractivity contribution in [1.29, 1.82) is 0 Å². The Labute approximate surface area is 228 Å². The van der Waals surface area contributed by atoms with E-state index in [1.165, 1.54) is 11.5 Å². The first-order chi connectivity index (χ1) is 16.7. The van der Waals surface area contributed by atoms with Crippen LogP contribution in [-0.2, 0) is 22.8 Å². The smallest absolute Gasteiger partial charge is 0.351 e. The Balaban J connectivity index is 2.50. The third-order valence-corrected chi connectivity index (χ3v) is 13.7. The molecule has 1 aromatic rings. The minimum atomic E-state index is -2.27. The zero-order chi connectivity index (χ0) is 28.4. The highest BCUT2D eigenvalue weighted by molar-refractivity contribution is 6.74. The van der Waals surface area contributed by atoms with Gasteiger partial charge in [0.05, 0.1) is 6.61 Å². The van der Waals surface area contributed by atoms with Gasteiger partial charge in [0.1, 0.15) is 24.1 Å². The quantitative estimate of drug-likeness (QED) is 0.453. The number of hydrogen-bond acceptors (Lipinski definition) is 7. The first kappa shape index (κ1) is 32.1. The molecule has 1 aliphatic rings. The van der Waals surface area contributed by atoms with E-state index >= 15 is 0 Å². The number of carbonyl (C=O) groups is 1. The minimum absolute atomic E-state index is 0.0459. The SMILES string of the molecule is CC(=O)Nc1ccn([C@@H]2O[C@H](CO[SiH2]C(C)(C)C)C(O[SiH2]C(C)(C)C)C2O[Si](C)(C)C(C)(C)C)c(=O)n1. The van der Waals surface area contributed by atoms with E-state index in [1.54, 1.807) is 12.3 Å². The Morgan fingerprint density at radius 2 is 1.68 bits per heavy atom. The fourth-order valence-electron chi connectivity index (χ4n) is 3.59. The van der Waals surface area contributed by atoms with Crippen molar-refractivity contribution in [2.75, 3.05) is 11.9 Å². The Hall–Kier alpha value is -1.16. The van der Waals surface area contributed by atoms with Gasteiger partial charge in [-0.05, 0) is 34.3 Å². The van der Waals surface area contributed by atoms with E-state index < -0.39 is 45.9 Å². The van der Waals surface area contributed by atoms with Gasteiger partial charge in [-0.2, -0.15) is 4.98 Å². The number of hydrogen-bond donors (Lipinski definition) is 1. The number of carbonyl (C=O) groups excluding carboxylic acids is 1. The van der Waals surface area contributed by atoms with E-state index in [-0.39, 0.29) is 39.0 Å². The van der Waals surface area contributed by atoms with E-state index in [0.29, 0.717) is 6.61 Å². The zero-order valence-corrected chi connectivity index (χ0v) is 28.8. The maximum absolute atomic E-state index is 13.1. The molecule has 1 aliphatic heterocycles. The van der Waals surface area contributed by atoms with Crippen LogP contribution in [0.15, 0.2) is 17.1 Å². The Morgan fingerprint density at radius 3 is 2.16 bits per heavy atom. The van der Waals surface area contributed by atoms with Crippen LogP contribution in [0.3, 0.4) is 0 Å². The Morgan fingerprint density at radius 1 is 1.08 bits per heavy atom. The summed E-state index contributed by atoms with van der Waals surface area (Å²) in [6.45, 7) is 25.8. The van der Waals surface area contributed by atoms with Crippen molar-refractivity contribution in [2.45, 2.75) is 122 Å². The molecule has 0 aliphatic carbocycles. The summed E-state index contributed by atoms with van der Waals surface area (Å²) in [5.41, 5.74) is -0.516. The molecule has 0 bridgehead atoms. The van der Waals surface area contributed by atoms with Crippen LogP contribution in [0.4, 0.5) is 5.82 Å². The predicted molar refractivity (Wildman–Crippen MR) is 156 cm³/mol. The molecule has 9 nitrogen and oxygen atoms in total. The largest absolute Gasteiger partial charge is 0.421 e. The molecule has 0 radical (unpaired) electrons. The highest BCUT2D eigenvalue weighted by Crippen LogP contribution is 2.43. The summed E-state index contributed by atoms with van der Waals surface area (Å²) >= 11 is 0. The van der Waals surface area contributed by atoms with Crippen LogP contribution < -0.4 is 11.0 Å². The highest BCUT2D eigenvalue weighted by Gasteiger charge is 2.52. The van der Waals surface area contributed by atoms with E-state index in [0.717, 1.165) is 0 Å². The van der Waals surface area contributed by atoms with Crippen molar-refractivity contribution in [3.63, 3.8) is 0 Å². The standard InChI is InChI=1S/C25H49N3O6Si3/c1-16(29)26-18-13-14-28(22(30)27-18)21-20(34-37(11,12)25(8,9)10)19(33-36-24(5,6)7)17(32-21)15-31-35-23(2,3)4/h13-14,17,19-21H,15,35-36H2,1-12H3,(H,26,27,29,30)/t17-,19?,20?,21-/m1/s1. The average molecular weight is 572 g/mol. The molecule has 2 unspecified atom stereocenters. The zero-order valence-electron chi connectivity index (χ0n) is 24.9. The Kier molecular flexibility index (Phi) is 10.3. The molecule has 2 heterocycles. The number of anilines is 1. The monoisotopic (exact) mass is 571 g/mol. The molecule has 0 aromatic carbocycles. The second-order valence-corrected chi connectivity index (χ2v) is 24.3. The first-order valence-electron chi connectivity index (χ1n) is 13.1. The molecular weight excluding hydrogens is 523 g/mol. The van der Waals surface area contributed by atoms with Gasteiger partial charge >= 0.3 is 5.69 Å². The summed E-state index contributed by atoms with van der Waals surface area (Å²) in [4.78, 5) is 28.6. The maximum atomic E-state index is 13.1. The predicted octanol–water partition coefficient (Wildman–Crippen LogP) is 3.50. The molecular formula is C25H49N3O6Si3. The van der Waals surface area contributed by atoms with Gasteiger partial charge in [-0.25, -0.2) is 4.79 Å². The average Bonchev–Trinajstić information content (AvgIpc) is 3.00. The topological polar surface area (TPSA) is 101 Å². The van der Waals surface area contributed by atoms with Gasteiger partial charge in [0.25, 0.3) is 0 Å². The van der Waals surface area contributed by atoms with Gasteiger partial charge in [0.2, 0.25) is 5.91 Å². The molecule has 4 atom stereocenters. The summed E-state index contributed by atoms with van der Waals surface area (Å²) in [5.74, 6) is -0.0839. The molecule has 2 rings (SSSR count). The van der Waals surface area contributed by atoms with E-state index in [1.807, 2.05) is 0 Å². The molecule has 37 heavy (non-hydrogen) atoms. The Bertz CT molecular complexity index is 982. The third kappa shape index (κ3) is 9.52. The lowest BCUT2D eigenvalue weighted by atomic mass is 10.1. The molecule has 212 valence electrons. The number of rotatable bonds is 9. The van der Waals surface area contributed by atoms with Crippen molar-refractivity contribution in [3.05, 3.63) is 22.7 Å². The highest BCUT2D eigenvalue weighted by atomic mass is 28.4. The van der Waals surface area contributed by atoms with Gasteiger partial charge < -0.3 is 23.3 Å². The van der Waals surface area contributed by atoms with Crippen molar-refractivity contribution in [1.82, 2.24) is 9.55 Å². The number of ether oxygens (including phenoxy) is 1. The van der Waals surface area contributed by atoms with Gasteiger partial charge in [0.15, 0.2) is 34.1 Å². The van der Waals surface area contributed by atoms with E-state index in [9.17, 15) is 9.59 Å². The first-order valence-corrected chi connectivity index (χ1v) is 18.6. The van der Waals surface area contributed by atoms with Crippen molar-refractivity contribution in [2.24, 2.45) is 0 Å². The van der Waals surface area contributed by atoms with Gasteiger partial charge in [-0.1, -0.05) is 62.3 Å². The summed E-state index contributed by atoms with van der Waals surface area (Å²) in [6, 6.07) is 1.60. The normalized spacial score (nSPS) is 24.0. The van der Waals surface area contributed by atoms with Gasteiger partial charge in [0, 0.05) is 13.1 Å². The fourth-order valence-corrected chi connectivity index (χ4v) is 6.94. The lowest BCUT2D eigenvalue weighted by Crippen LogP contribution is -2.50. The maximum Gasteiger partial charge on any atom is 0.351 e. The van der Waals surface area contributed by atoms with E-state index in [2.05, 4.69) is 85.7 Å². The minimum Gasteiger partial charge on any atom is -0.421 e. The van der Waals surface area contributed by atoms with Crippen molar-refractivity contribution in [3.8, 4) is 0 Å². The van der Waals surface area contributed by atoms with Gasteiger partial charge in [-0.3, -0.25) is 9.36 Å². The summed E-state index contributed by atoms with van der Waals surface area (Å²) in [6.07, 6.45) is -0.331. The third-order valence-electron chi connectivity index (χ3n) is 6.46. The molecule has 0 spiro atoms. The summed E-state index contributed by atoms with van der Waals surface area (Å²) < 4.78 is 27.8. The van der Waals surface area contributed by atoms with Crippen LogP contribution in [0.2, 0.25) is 28.2 Å².